The van der Waals surface area contributed by atoms with Crippen LogP contribution in [0.2, 0.25) is 0 Å². The first-order chi connectivity index (χ1) is 7.77. The summed E-state index contributed by atoms with van der Waals surface area (Å²) in [4.78, 5) is 2.45. The van der Waals surface area contributed by atoms with Gasteiger partial charge in [-0.3, -0.25) is 4.90 Å². The van der Waals surface area contributed by atoms with Crippen molar-refractivity contribution in [1.29, 1.82) is 0 Å². The highest BCUT2D eigenvalue weighted by atomic mass is 15.1. The number of hydrogen-bond acceptors (Lipinski definition) is 2. The van der Waals surface area contributed by atoms with Crippen LogP contribution in [0.15, 0.2) is 24.3 Å². The van der Waals surface area contributed by atoms with Crippen molar-refractivity contribution in [2.24, 2.45) is 5.73 Å². The smallest absolute Gasteiger partial charge is 0.0236 e. The zero-order valence-electron chi connectivity index (χ0n) is 10.6. The van der Waals surface area contributed by atoms with Crippen LogP contribution in [0.5, 0.6) is 0 Å². The van der Waals surface area contributed by atoms with Crippen LogP contribution in [-0.2, 0) is 6.54 Å². The lowest BCUT2D eigenvalue weighted by Crippen LogP contribution is -2.30. The fraction of sp³-hybridized carbons (Fsp3) is 0.571. The summed E-state index contributed by atoms with van der Waals surface area (Å²) in [7, 11) is 0. The van der Waals surface area contributed by atoms with Crippen LogP contribution in [0.4, 0.5) is 0 Å². The van der Waals surface area contributed by atoms with Crippen molar-refractivity contribution < 1.29 is 0 Å². The second-order valence-corrected chi connectivity index (χ2v) is 4.34. The summed E-state index contributed by atoms with van der Waals surface area (Å²) in [5.41, 5.74) is 8.45. The van der Waals surface area contributed by atoms with Gasteiger partial charge in [0, 0.05) is 19.6 Å². The van der Waals surface area contributed by atoms with E-state index in [2.05, 4.69) is 43.0 Å². The van der Waals surface area contributed by atoms with Crippen molar-refractivity contribution in [3.8, 4) is 0 Å². The van der Waals surface area contributed by atoms with Crippen LogP contribution >= 0.6 is 0 Å². The number of benzene rings is 1. The quantitative estimate of drug-likeness (QED) is 0.765. The van der Waals surface area contributed by atoms with E-state index in [0.29, 0.717) is 0 Å². The lowest BCUT2D eigenvalue weighted by atomic mass is 10.1. The molecule has 2 heteroatoms. The molecule has 16 heavy (non-hydrogen) atoms. The molecule has 2 N–H and O–H groups in total. The molecule has 0 saturated carbocycles. The fourth-order valence-corrected chi connectivity index (χ4v) is 1.86. The Morgan fingerprint density at radius 1 is 1.19 bits per heavy atom. The average Bonchev–Trinajstić information content (AvgIpc) is 2.29. The fourth-order valence-electron chi connectivity index (χ4n) is 1.86. The highest BCUT2D eigenvalue weighted by Crippen LogP contribution is 2.10. The molecule has 0 spiro atoms. The highest BCUT2D eigenvalue weighted by Gasteiger charge is 2.05. The van der Waals surface area contributed by atoms with Crippen molar-refractivity contribution in [3.05, 3.63) is 35.4 Å². The van der Waals surface area contributed by atoms with Crippen molar-refractivity contribution >= 4 is 0 Å². The van der Waals surface area contributed by atoms with Crippen LogP contribution in [0.25, 0.3) is 0 Å². The molecule has 0 amide bonds. The summed E-state index contributed by atoms with van der Waals surface area (Å²) in [6, 6.07) is 8.60. The van der Waals surface area contributed by atoms with E-state index in [1.165, 1.54) is 24.0 Å². The van der Waals surface area contributed by atoms with Crippen LogP contribution < -0.4 is 5.73 Å². The minimum atomic E-state index is 0.746. The predicted molar refractivity (Wildman–Crippen MR) is 70.4 cm³/mol. The Morgan fingerprint density at radius 2 is 1.94 bits per heavy atom. The number of hydrogen-bond donors (Lipinski definition) is 1. The molecule has 0 aromatic heterocycles. The molecule has 2 nitrogen and oxygen atoms in total. The van der Waals surface area contributed by atoms with Gasteiger partial charge in [-0.05, 0) is 31.0 Å². The first-order valence-corrected chi connectivity index (χ1v) is 6.24. The summed E-state index contributed by atoms with van der Waals surface area (Å²) >= 11 is 0. The molecule has 0 aliphatic rings. The van der Waals surface area contributed by atoms with Gasteiger partial charge < -0.3 is 5.73 Å². The largest absolute Gasteiger partial charge is 0.329 e. The molecular formula is C14H24N2. The van der Waals surface area contributed by atoms with Crippen molar-refractivity contribution in [2.45, 2.75) is 33.2 Å². The van der Waals surface area contributed by atoms with Crippen LogP contribution in [0.1, 0.15) is 30.9 Å². The molecule has 0 radical (unpaired) electrons. The van der Waals surface area contributed by atoms with Crippen molar-refractivity contribution in [3.63, 3.8) is 0 Å². The van der Waals surface area contributed by atoms with Gasteiger partial charge in [-0.1, -0.05) is 37.6 Å². The van der Waals surface area contributed by atoms with E-state index in [-0.39, 0.29) is 0 Å². The van der Waals surface area contributed by atoms with Crippen LogP contribution in [-0.4, -0.2) is 24.5 Å². The van der Waals surface area contributed by atoms with E-state index < -0.39 is 0 Å². The third-order valence-corrected chi connectivity index (χ3v) is 2.93. The molecule has 0 unspecified atom stereocenters. The van der Waals surface area contributed by atoms with E-state index >= 15 is 0 Å². The predicted octanol–water partition coefficient (Wildman–Crippen LogP) is 2.56. The van der Waals surface area contributed by atoms with Gasteiger partial charge in [-0.25, -0.2) is 0 Å². The zero-order chi connectivity index (χ0) is 11.8. The molecule has 0 atom stereocenters. The topological polar surface area (TPSA) is 29.3 Å². The molecule has 0 saturated heterocycles. The standard InChI is InChI=1S/C14H24N2/c1-3-4-10-16(11-9-15)12-14-8-6-5-7-13(14)2/h5-8H,3-4,9-12,15H2,1-2H3. The van der Waals surface area contributed by atoms with Gasteiger partial charge in [0.15, 0.2) is 0 Å². The molecule has 0 fully saturated rings. The second kappa shape index (κ2) is 7.42. The molecule has 1 rings (SSSR count). The third kappa shape index (κ3) is 4.33. The molecular weight excluding hydrogens is 196 g/mol. The van der Waals surface area contributed by atoms with Gasteiger partial charge in [-0.15, -0.1) is 0 Å². The zero-order valence-corrected chi connectivity index (χ0v) is 10.6. The van der Waals surface area contributed by atoms with E-state index in [4.69, 9.17) is 5.73 Å². The molecule has 0 aliphatic heterocycles. The Kier molecular flexibility index (Phi) is 6.12. The second-order valence-electron chi connectivity index (χ2n) is 4.34. The van der Waals surface area contributed by atoms with Gasteiger partial charge in [0.05, 0.1) is 0 Å². The maximum Gasteiger partial charge on any atom is 0.0236 e. The Labute approximate surface area is 99.5 Å². The average molecular weight is 220 g/mol. The van der Waals surface area contributed by atoms with Gasteiger partial charge >= 0.3 is 0 Å². The Bertz CT molecular complexity index is 297. The number of rotatable bonds is 7. The summed E-state index contributed by atoms with van der Waals surface area (Å²) in [5.74, 6) is 0. The van der Waals surface area contributed by atoms with Crippen LogP contribution in [0.3, 0.4) is 0 Å². The lowest BCUT2D eigenvalue weighted by Gasteiger charge is -2.22. The summed E-state index contributed by atoms with van der Waals surface area (Å²) in [6.07, 6.45) is 2.50. The molecule has 0 aliphatic carbocycles. The number of nitrogens with two attached hydrogens (primary N) is 1. The molecule has 1 aromatic rings. The summed E-state index contributed by atoms with van der Waals surface area (Å²) in [6.45, 7) is 8.33. The summed E-state index contributed by atoms with van der Waals surface area (Å²) in [5, 5.41) is 0. The lowest BCUT2D eigenvalue weighted by molar-refractivity contribution is 0.268. The SMILES string of the molecule is CCCCN(CCN)Cc1ccccc1C. The minimum absolute atomic E-state index is 0.746. The molecule has 90 valence electrons. The van der Waals surface area contributed by atoms with Gasteiger partial charge in [0.25, 0.3) is 0 Å². The minimum Gasteiger partial charge on any atom is -0.329 e. The van der Waals surface area contributed by atoms with E-state index in [0.717, 1.165) is 26.2 Å². The van der Waals surface area contributed by atoms with Gasteiger partial charge in [0.2, 0.25) is 0 Å². The van der Waals surface area contributed by atoms with Gasteiger partial charge in [-0.2, -0.15) is 0 Å². The van der Waals surface area contributed by atoms with Crippen LogP contribution in [0, 0.1) is 6.92 Å². The monoisotopic (exact) mass is 220 g/mol. The summed E-state index contributed by atoms with van der Waals surface area (Å²) < 4.78 is 0. The van der Waals surface area contributed by atoms with Gasteiger partial charge in [0.1, 0.15) is 0 Å². The highest BCUT2D eigenvalue weighted by molar-refractivity contribution is 5.25. The number of unbranched alkanes of at least 4 members (excludes halogenated alkanes) is 1. The third-order valence-electron chi connectivity index (χ3n) is 2.93. The molecule has 0 bridgehead atoms. The Hall–Kier alpha value is -0.860. The Morgan fingerprint density at radius 3 is 2.56 bits per heavy atom. The first kappa shape index (κ1) is 13.2. The van der Waals surface area contributed by atoms with E-state index in [1.807, 2.05) is 0 Å². The van der Waals surface area contributed by atoms with E-state index in [1.54, 1.807) is 0 Å². The van der Waals surface area contributed by atoms with E-state index in [9.17, 15) is 0 Å². The van der Waals surface area contributed by atoms with Crippen molar-refractivity contribution in [1.82, 2.24) is 4.90 Å². The molecule has 1 aromatic carbocycles. The normalized spacial score (nSPS) is 11.0. The molecule has 0 heterocycles. The Balaban J connectivity index is 2.56. The number of nitrogens with zero attached hydrogens (tertiary/aromatic N) is 1. The maximum atomic E-state index is 5.65. The maximum absolute atomic E-state index is 5.65. The number of aryl methyl sites for hydroxylation is 1. The van der Waals surface area contributed by atoms with Crippen molar-refractivity contribution in [2.75, 3.05) is 19.6 Å². The first-order valence-electron chi connectivity index (χ1n) is 6.24.